The lowest BCUT2D eigenvalue weighted by atomic mass is 10.1. The van der Waals surface area contributed by atoms with E-state index in [-0.39, 0.29) is 11.4 Å². The smallest absolute Gasteiger partial charge is 0.416 e. The van der Waals surface area contributed by atoms with E-state index in [4.69, 9.17) is 15.2 Å². The molecular weight excluding hydrogens is 609 g/mol. The predicted octanol–water partition coefficient (Wildman–Crippen LogP) is 3.70. The van der Waals surface area contributed by atoms with Gasteiger partial charge in [-0.1, -0.05) is 12.1 Å². The number of carbonyl (C=O) groups is 2. The van der Waals surface area contributed by atoms with Crippen molar-refractivity contribution in [1.82, 2.24) is 19.4 Å². The van der Waals surface area contributed by atoms with E-state index in [1.54, 1.807) is 36.0 Å². The summed E-state index contributed by atoms with van der Waals surface area (Å²) >= 11 is 0. The van der Waals surface area contributed by atoms with E-state index in [0.717, 1.165) is 18.8 Å². The number of amides is 1. The van der Waals surface area contributed by atoms with Gasteiger partial charge < -0.3 is 29.8 Å². The highest BCUT2D eigenvalue weighted by molar-refractivity contribution is 7.92. The monoisotopic (exact) mass is 638 g/mol. The van der Waals surface area contributed by atoms with Crippen LogP contribution in [0.15, 0.2) is 48.7 Å². The number of methoxy groups -OCH3 is 1. The lowest BCUT2D eigenvalue weighted by Crippen LogP contribution is -2.18. The standard InChI is InChI=1S/C17H18N4O3.C10H11F3N2O4S/c1-20(2)10-14-18-8-7-15(19-14)24-13-6-4-5-11-9-12(17(22)23)21(3)16(11)13;1-19-8-6(9(14)16)3-5(10(11,12)13)4-7(8)15-20(2,17)18/h4-9H,10H2,1-3H3,(H,22,23);3-4,15H,1-2H3,(H2,14,16). The van der Waals surface area contributed by atoms with E-state index >= 15 is 0 Å². The van der Waals surface area contributed by atoms with Crippen LogP contribution >= 0.6 is 0 Å². The maximum atomic E-state index is 12.7. The summed E-state index contributed by atoms with van der Waals surface area (Å²) in [7, 11) is 2.79. The molecule has 44 heavy (non-hydrogen) atoms. The first-order valence-electron chi connectivity index (χ1n) is 12.4. The van der Waals surface area contributed by atoms with Crippen LogP contribution in [0.3, 0.4) is 0 Å². The lowest BCUT2D eigenvalue weighted by Gasteiger charge is -2.16. The zero-order chi connectivity index (χ0) is 33.0. The molecule has 4 aromatic rings. The summed E-state index contributed by atoms with van der Waals surface area (Å²) < 4.78 is 74.5. The van der Waals surface area contributed by atoms with Crippen LogP contribution < -0.4 is 19.9 Å². The minimum absolute atomic E-state index is 0.206. The van der Waals surface area contributed by atoms with E-state index in [1.807, 2.05) is 35.9 Å². The van der Waals surface area contributed by atoms with Gasteiger partial charge in [-0.3, -0.25) is 9.52 Å². The van der Waals surface area contributed by atoms with Gasteiger partial charge in [-0.2, -0.15) is 18.2 Å². The number of nitrogens with one attached hydrogen (secondary N) is 1. The van der Waals surface area contributed by atoms with Crippen molar-refractivity contribution >= 4 is 38.5 Å². The summed E-state index contributed by atoms with van der Waals surface area (Å²) in [6.07, 6.45) is -2.38. The molecule has 0 radical (unpaired) electrons. The fourth-order valence-electron chi connectivity index (χ4n) is 4.05. The van der Waals surface area contributed by atoms with Gasteiger partial charge in [0, 0.05) is 24.7 Å². The van der Waals surface area contributed by atoms with Crippen LogP contribution in [-0.4, -0.2) is 72.3 Å². The van der Waals surface area contributed by atoms with E-state index in [1.165, 1.54) is 0 Å². The van der Waals surface area contributed by atoms with Gasteiger partial charge in [0.1, 0.15) is 11.5 Å². The summed E-state index contributed by atoms with van der Waals surface area (Å²) in [5.74, 6) is -0.900. The number of benzene rings is 2. The number of alkyl halides is 3. The fourth-order valence-corrected chi connectivity index (χ4v) is 4.60. The number of rotatable bonds is 9. The van der Waals surface area contributed by atoms with Crippen molar-refractivity contribution in [2.45, 2.75) is 12.7 Å². The minimum atomic E-state index is -4.77. The third-order valence-corrected chi connectivity index (χ3v) is 6.36. The van der Waals surface area contributed by atoms with Crippen LogP contribution in [0.5, 0.6) is 17.4 Å². The second kappa shape index (κ2) is 13.2. The van der Waals surface area contributed by atoms with Crippen molar-refractivity contribution in [3.05, 3.63) is 71.3 Å². The first-order chi connectivity index (χ1) is 20.4. The molecule has 0 aliphatic rings. The third-order valence-electron chi connectivity index (χ3n) is 5.77. The SMILES string of the molecule is CN(C)Cc1nccc(Oc2cccc3cc(C(=O)O)n(C)c23)n1.COc1c(NS(C)(=O)=O)cc(C(F)(F)F)cc1C(N)=O. The molecule has 2 aromatic carbocycles. The van der Waals surface area contributed by atoms with E-state index < -0.39 is 44.9 Å². The molecule has 0 fully saturated rings. The number of nitrogens with zero attached hydrogens (tertiary/aromatic N) is 4. The van der Waals surface area contributed by atoms with Gasteiger partial charge in [0.05, 0.1) is 42.2 Å². The van der Waals surface area contributed by atoms with Crippen LogP contribution in [0.1, 0.15) is 32.2 Å². The maximum Gasteiger partial charge on any atom is 0.416 e. The molecule has 4 rings (SSSR count). The van der Waals surface area contributed by atoms with Crippen molar-refractivity contribution in [3.8, 4) is 17.4 Å². The number of nitrogens with two attached hydrogens (primary N) is 1. The number of aryl methyl sites for hydroxylation is 1. The Morgan fingerprint density at radius 3 is 2.39 bits per heavy atom. The summed E-state index contributed by atoms with van der Waals surface area (Å²) in [6.45, 7) is 0.606. The summed E-state index contributed by atoms with van der Waals surface area (Å²) in [6, 6.07) is 9.79. The van der Waals surface area contributed by atoms with Crippen LogP contribution in [0.4, 0.5) is 18.9 Å². The molecule has 0 aliphatic carbocycles. The highest BCUT2D eigenvalue weighted by atomic mass is 32.2. The molecule has 2 heterocycles. The van der Waals surface area contributed by atoms with Crippen LogP contribution in [0, 0.1) is 0 Å². The molecule has 0 unspecified atom stereocenters. The zero-order valence-electron chi connectivity index (χ0n) is 24.1. The van der Waals surface area contributed by atoms with Gasteiger partial charge in [0.25, 0.3) is 5.91 Å². The Labute approximate surface area is 250 Å². The number of carboxylic acid groups (broad SMARTS) is 1. The summed E-state index contributed by atoms with van der Waals surface area (Å²) in [4.78, 5) is 33.1. The number of aromatic nitrogens is 3. The number of anilines is 1. The topological polar surface area (TPSA) is 179 Å². The van der Waals surface area contributed by atoms with Crippen LogP contribution in [-0.2, 0) is 29.8 Å². The first kappa shape index (κ1) is 33.6. The Kier molecular flexibility index (Phi) is 10.1. The number of primary amides is 1. The number of carbonyl (C=O) groups excluding carboxylic acids is 1. The molecule has 0 aliphatic heterocycles. The number of ether oxygens (including phenoxy) is 2. The summed E-state index contributed by atoms with van der Waals surface area (Å²) in [5.41, 5.74) is 3.57. The number of hydrogen-bond donors (Lipinski definition) is 3. The van der Waals surface area contributed by atoms with E-state index in [2.05, 4.69) is 9.97 Å². The molecule has 236 valence electrons. The number of aromatic carboxylic acids is 1. The fraction of sp³-hybridized carbons (Fsp3) is 0.259. The van der Waals surface area contributed by atoms with Crippen molar-refractivity contribution in [3.63, 3.8) is 0 Å². The highest BCUT2D eigenvalue weighted by Crippen LogP contribution is 2.38. The average Bonchev–Trinajstić information content (AvgIpc) is 3.24. The number of fused-ring (bicyclic) bond motifs is 1. The molecule has 0 bridgehead atoms. The van der Waals surface area contributed by atoms with Gasteiger partial charge in [-0.15, -0.1) is 0 Å². The molecule has 0 spiro atoms. The number of sulfonamides is 1. The van der Waals surface area contributed by atoms with E-state index in [0.29, 0.717) is 41.6 Å². The Morgan fingerprint density at radius 2 is 1.84 bits per heavy atom. The van der Waals surface area contributed by atoms with Gasteiger partial charge in [0.15, 0.2) is 11.5 Å². The maximum absolute atomic E-state index is 12.7. The molecule has 0 saturated carbocycles. The predicted molar refractivity (Wildman–Crippen MR) is 154 cm³/mol. The Hall–Kier alpha value is -4.90. The minimum Gasteiger partial charge on any atom is -0.494 e. The molecule has 1 amide bonds. The number of halogens is 3. The Morgan fingerprint density at radius 1 is 1.16 bits per heavy atom. The highest BCUT2D eigenvalue weighted by Gasteiger charge is 2.33. The van der Waals surface area contributed by atoms with Gasteiger partial charge in [0.2, 0.25) is 15.9 Å². The lowest BCUT2D eigenvalue weighted by molar-refractivity contribution is -0.137. The van der Waals surface area contributed by atoms with Gasteiger partial charge >= 0.3 is 12.1 Å². The Bertz CT molecular complexity index is 1810. The third kappa shape index (κ3) is 8.35. The van der Waals surface area contributed by atoms with Crippen molar-refractivity contribution in [2.75, 3.05) is 32.2 Å². The van der Waals surface area contributed by atoms with Crippen molar-refractivity contribution in [2.24, 2.45) is 12.8 Å². The summed E-state index contributed by atoms with van der Waals surface area (Å²) in [5, 5.41) is 10.1. The molecule has 0 saturated heterocycles. The second-order valence-electron chi connectivity index (χ2n) is 9.58. The van der Waals surface area contributed by atoms with Crippen LogP contribution in [0.2, 0.25) is 0 Å². The normalized spacial score (nSPS) is 11.6. The number of para-hydroxylation sites is 1. The average molecular weight is 639 g/mol. The molecule has 4 N–H and O–H groups in total. The zero-order valence-corrected chi connectivity index (χ0v) is 24.9. The number of carboxylic acids is 1. The van der Waals surface area contributed by atoms with E-state index in [9.17, 15) is 36.3 Å². The van der Waals surface area contributed by atoms with Crippen LogP contribution in [0.25, 0.3) is 10.9 Å². The number of hydrogen-bond acceptors (Lipinski definition) is 9. The quantitative estimate of drug-likeness (QED) is 0.245. The first-order valence-corrected chi connectivity index (χ1v) is 14.3. The second-order valence-corrected chi connectivity index (χ2v) is 11.3. The molecule has 13 nitrogen and oxygen atoms in total. The van der Waals surface area contributed by atoms with Crippen molar-refractivity contribution < 1.29 is 45.8 Å². The molecule has 0 atom stereocenters. The van der Waals surface area contributed by atoms with Gasteiger partial charge in [-0.05, 0) is 38.4 Å². The Balaban J connectivity index is 0.000000245. The molecule has 17 heteroatoms. The largest absolute Gasteiger partial charge is 0.494 e. The van der Waals surface area contributed by atoms with Gasteiger partial charge in [-0.25, -0.2) is 18.2 Å². The van der Waals surface area contributed by atoms with Crippen molar-refractivity contribution in [1.29, 1.82) is 0 Å². The molecule has 2 aromatic heterocycles. The molecular formula is C27H29F3N6O7S.